The summed E-state index contributed by atoms with van der Waals surface area (Å²) in [4.78, 5) is 30.2. The first-order chi connectivity index (χ1) is 15.4. The lowest BCUT2D eigenvalue weighted by molar-refractivity contribution is 0.102. The van der Waals surface area contributed by atoms with E-state index in [1.165, 1.54) is 24.3 Å². The number of carbonyl (C=O) groups excluding carboxylic acids is 1. The maximum atomic E-state index is 13.4. The van der Waals surface area contributed by atoms with Crippen molar-refractivity contribution in [3.63, 3.8) is 0 Å². The van der Waals surface area contributed by atoms with Crippen molar-refractivity contribution in [1.82, 2.24) is 9.88 Å². The maximum Gasteiger partial charge on any atom is 0.256 e. The minimum absolute atomic E-state index is 0.242. The van der Waals surface area contributed by atoms with Crippen molar-refractivity contribution in [2.75, 3.05) is 30.3 Å². The minimum atomic E-state index is -0.461. The molecule has 0 spiro atoms. The van der Waals surface area contributed by atoms with Crippen molar-refractivity contribution in [2.24, 2.45) is 0 Å². The molecule has 1 atom stereocenters. The van der Waals surface area contributed by atoms with Gasteiger partial charge in [0, 0.05) is 28.9 Å². The highest BCUT2D eigenvalue weighted by atomic mass is 19.1. The van der Waals surface area contributed by atoms with Gasteiger partial charge in [-0.25, -0.2) is 4.39 Å². The fraction of sp³-hybridized carbons (Fsp3) is 0.360. The number of hydrogen-bond donors (Lipinski definition) is 3. The zero-order valence-corrected chi connectivity index (χ0v) is 18.9. The number of carbonyl (C=O) groups is 1. The molecule has 3 aromatic rings. The zero-order valence-electron chi connectivity index (χ0n) is 18.9. The Morgan fingerprint density at radius 3 is 2.59 bits per heavy atom. The number of aromatic nitrogens is 1. The largest absolute Gasteiger partial charge is 0.383 e. The van der Waals surface area contributed by atoms with Gasteiger partial charge in [-0.05, 0) is 69.7 Å². The number of hydrogen-bond acceptors (Lipinski definition) is 4. The van der Waals surface area contributed by atoms with E-state index in [2.05, 4.69) is 41.3 Å². The molecule has 1 aromatic heterocycles. The standard InChI is InChI=1S/C25H31FN4O2/c1-4-30(5-2)13-7-8-17(3)27-20-11-12-21-22(16-24(31)29-23(21)15-20)25(32)28-19-10-6-9-18(26)14-19/h6,9-12,14-17,27H,4-5,7-8,13H2,1-3H3,(H,28,32)(H,29,31). The van der Waals surface area contributed by atoms with E-state index in [9.17, 15) is 14.0 Å². The number of anilines is 2. The fourth-order valence-electron chi connectivity index (χ4n) is 3.82. The van der Waals surface area contributed by atoms with Gasteiger partial charge in [0.25, 0.3) is 5.91 Å². The summed E-state index contributed by atoms with van der Waals surface area (Å²) in [5.74, 6) is -0.905. The number of nitrogens with zero attached hydrogens (tertiary/aromatic N) is 1. The Morgan fingerprint density at radius 2 is 1.88 bits per heavy atom. The molecule has 7 heteroatoms. The van der Waals surface area contributed by atoms with E-state index < -0.39 is 11.7 Å². The third-order valence-electron chi connectivity index (χ3n) is 5.59. The summed E-state index contributed by atoms with van der Waals surface area (Å²) in [5, 5.41) is 6.75. The second-order valence-electron chi connectivity index (χ2n) is 7.99. The van der Waals surface area contributed by atoms with Gasteiger partial charge < -0.3 is 20.5 Å². The number of nitrogens with one attached hydrogen (secondary N) is 3. The summed E-state index contributed by atoms with van der Waals surface area (Å²) in [6.45, 7) is 9.68. The van der Waals surface area contributed by atoms with Gasteiger partial charge in [-0.1, -0.05) is 26.0 Å². The van der Waals surface area contributed by atoms with Crippen LogP contribution in [-0.4, -0.2) is 41.5 Å². The molecule has 6 nitrogen and oxygen atoms in total. The summed E-state index contributed by atoms with van der Waals surface area (Å²) < 4.78 is 13.4. The number of benzene rings is 2. The van der Waals surface area contributed by atoms with Crippen molar-refractivity contribution < 1.29 is 9.18 Å². The smallest absolute Gasteiger partial charge is 0.256 e. The van der Waals surface area contributed by atoms with E-state index in [-0.39, 0.29) is 17.2 Å². The third-order valence-corrected chi connectivity index (χ3v) is 5.59. The van der Waals surface area contributed by atoms with E-state index in [0.29, 0.717) is 16.6 Å². The molecular formula is C25H31FN4O2. The number of aromatic amines is 1. The average molecular weight is 439 g/mol. The first-order valence-electron chi connectivity index (χ1n) is 11.1. The van der Waals surface area contributed by atoms with Gasteiger partial charge in [0.1, 0.15) is 5.82 Å². The van der Waals surface area contributed by atoms with E-state index >= 15 is 0 Å². The van der Waals surface area contributed by atoms with Crippen molar-refractivity contribution in [3.8, 4) is 0 Å². The van der Waals surface area contributed by atoms with E-state index in [0.717, 1.165) is 38.2 Å². The van der Waals surface area contributed by atoms with Gasteiger partial charge in [-0.3, -0.25) is 9.59 Å². The number of fused-ring (bicyclic) bond motifs is 1. The number of rotatable bonds is 10. The van der Waals surface area contributed by atoms with Gasteiger partial charge in [0.05, 0.1) is 11.1 Å². The molecule has 0 bridgehead atoms. The SMILES string of the molecule is CCN(CC)CCCC(C)Nc1ccc2c(C(=O)Nc3cccc(F)c3)cc(=O)[nH]c2c1. The van der Waals surface area contributed by atoms with Crippen LogP contribution in [0.2, 0.25) is 0 Å². The second-order valence-corrected chi connectivity index (χ2v) is 7.99. The molecule has 3 N–H and O–H groups in total. The summed E-state index contributed by atoms with van der Waals surface area (Å²) in [6, 6.07) is 12.7. The molecule has 1 heterocycles. The molecule has 3 rings (SSSR count). The van der Waals surface area contributed by atoms with Gasteiger partial charge in [0.2, 0.25) is 5.56 Å². The molecule has 0 aliphatic carbocycles. The van der Waals surface area contributed by atoms with Crippen LogP contribution in [-0.2, 0) is 0 Å². The number of pyridine rings is 1. The Kier molecular flexibility index (Phi) is 8.00. The third kappa shape index (κ3) is 6.17. The Balaban J connectivity index is 1.73. The van der Waals surface area contributed by atoms with Gasteiger partial charge in [0.15, 0.2) is 0 Å². The van der Waals surface area contributed by atoms with Crippen molar-refractivity contribution in [2.45, 2.75) is 39.7 Å². The van der Waals surface area contributed by atoms with Gasteiger partial charge >= 0.3 is 0 Å². The van der Waals surface area contributed by atoms with Crippen LogP contribution in [0.3, 0.4) is 0 Å². The highest BCUT2D eigenvalue weighted by molar-refractivity contribution is 6.12. The molecule has 170 valence electrons. The Hall–Kier alpha value is -3.19. The molecule has 0 radical (unpaired) electrons. The van der Waals surface area contributed by atoms with Crippen LogP contribution in [0.1, 0.15) is 44.0 Å². The molecule has 32 heavy (non-hydrogen) atoms. The summed E-state index contributed by atoms with van der Waals surface area (Å²) in [7, 11) is 0. The van der Waals surface area contributed by atoms with Crippen LogP contribution < -0.4 is 16.2 Å². The van der Waals surface area contributed by atoms with Crippen LogP contribution in [0.5, 0.6) is 0 Å². The predicted molar refractivity (Wildman–Crippen MR) is 129 cm³/mol. The molecule has 1 amide bonds. The first-order valence-corrected chi connectivity index (χ1v) is 11.1. The Morgan fingerprint density at radius 1 is 1.09 bits per heavy atom. The zero-order chi connectivity index (χ0) is 23.1. The minimum Gasteiger partial charge on any atom is -0.383 e. The number of H-pyrrole nitrogens is 1. The molecule has 0 aliphatic heterocycles. The highest BCUT2D eigenvalue weighted by Crippen LogP contribution is 2.22. The summed E-state index contributed by atoms with van der Waals surface area (Å²) >= 11 is 0. The molecule has 0 fully saturated rings. The molecule has 1 unspecified atom stereocenters. The van der Waals surface area contributed by atoms with E-state index in [1.54, 1.807) is 6.07 Å². The normalized spacial score (nSPS) is 12.2. The van der Waals surface area contributed by atoms with Crippen LogP contribution in [0.25, 0.3) is 10.9 Å². The average Bonchev–Trinajstić information content (AvgIpc) is 2.76. The lowest BCUT2D eigenvalue weighted by Gasteiger charge is -2.20. The van der Waals surface area contributed by atoms with Gasteiger partial charge in [-0.15, -0.1) is 0 Å². The molecule has 2 aromatic carbocycles. The molecule has 0 aliphatic rings. The topological polar surface area (TPSA) is 77.2 Å². The lowest BCUT2D eigenvalue weighted by atomic mass is 10.1. The first kappa shape index (κ1) is 23.5. The van der Waals surface area contributed by atoms with Gasteiger partial charge in [-0.2, -0.15) is 0 Å². The van der Waals surface area contributed by atoms with Crippen molar-refractivity contribution >= 4 is 28.2 Å². The van der Waals surface area contributed by atoms with Crippen LogP contribution >= 0.6 is 0 Å². The van der Waals surface area contributed by atoms with Crippen molar-refractivity contribution in [1.29, 1.82) is 0 Å². The highest BCUT2D eigenvalue weighted by Gasteiger charge is 2.14. The molecule has 0 saturated heterocycles. The van der Waals surface area contributed by atoms with E-state index in [4.69, 9.17) is 0 Å². The fourth-order valence-corrected chi connectivity index (χ4v) is 3.82. The quantitative estimate of drug-likeness (QED) is 0.423. The molecular weight excluding hydrogens is 407 g/mol. The summed E-state index contributed by atoms with van der Waals surface area (Å²) in [5.41, 5.74) is 1.66. The monoisotopic (exact) mass is 438 g/mol. The van der Waals surface area contributed by atoms with Crippen LogP contribution in [0.4, 0.5) is 15.8 Å². The summed E-state index contributed by atoms with van der Waals surface area (Å²) in [6.07, 6.45) is 2.13. The van der Waals surface area contributed by atoms with Crippen molar-refractivity contribution in [3.05, 3.63) is 70.3 Å². The predicted octanol–water partition coefficient (Wildman–Crippen LogP) is 4.84. The lowest BCUT2D eigenvalue weighted by Crippen LogP contribution is -2.25. The van der Waals surface area contributed by atoms with E-state index in [1.807, 2.05) is 18.2 Å². The van der Waals surface area contributed by atoms with Crippen LogP contribution in [0.15, 0.2) is 53.3 Å². The Bertz CT molecular complexity index is 1120. The van der Waals surface area contributed by atoms with Crippen LogP contribution in [0, 0.1) is 5.82 Å². The number of halogens is 1. The Labute approximate surface area is 187 Å². The molecule has 0 saturated carbocycles. The number of amides is 1. The maximum absolute atomic E-state index is 13.4. The second kappa shape index (κ2) is 10.9.